The summed E-state index contributed by atoms with van der Waals surface area (Å²) in [5.41, 5.74) is 4.54. The van der Waals surface area contributed by atoms with E-state index in [1.165, 1.54) is 0 Å². The zero-order chi connectivity index (χ0) is 13.7. The van der Waals surface area contributed by atoms with E-state index in [1.54, 1.807) is 0 Å². The maximum Gasteiger partial charge on any atom is 0.318 e. The van der Waals surface area contributed by atoms with Crippen molar-refractivity contribution in [3.05, 3.63) is 59.7 Å². The Kier molecular flexibility index (Phi) is 2.30. The second kappa shape index (κ2) is 4.04. The highest BCUT2D eigenvalue weighted by molar-refractivity contribution is 5.96. The molecule has 3 heteroatoms. The first kappa shape index (κ1) is 11.4. The molecule has 2 aromatic carbocycles. The minimum atomic E-state index is -0.415. The maximum atomic E-state index is 11.9. The van der Waals surface area contributed by atoms with Crippen molar-refractivity contribution in [1.82, 2.24) is 0 Å². The predicted octanol–water partition coefficient (Wildman–Crippen LogP) is 2.89. The van der Waals surface area contributed by atoms with Crippen LogP contribution in [0.25, 0.3) is 11.1 Å². The van der Waals surface area contributed by atoms with Gasteiger partial charge in [-0.15, -0.1) is 0 Å². The second-order valence-corrected chi connectivity index (χ2v) is 5.26. The molecule has 2 aliphatic rings. The van der Waals surface area contributed by atoms with Gasteiger partial charge in [0.1, 0.15) is 0 Å². The van der Waals surface area contributed by atoms with Crippen LogP contribution in [0.1, 0.15) is 23.5 Å². The van der Waals surface area contributed by atoms with Crippen LogP contribution in [0.2, 0.25) is 0 Å². The number of hydrogen-bond donors (Lipinski definition) is 0. The minimum absolute atomic E-state index is 0.0682. The van der Waals surface area contributed by atoms with Gasteiger partial charge in [0, 0.05) is 5.92 Å². The molecular formula is C17H12O3. The van der Waals surface area contributed by atoms with Crippen molar-refractivity contribution in [2.45, 2.75) is 12.3 Å². The third-order valence-electron chi connectivity index (χ3n) is 4.19. The van der Waals surface area contributed by atoms with E-state index in [1.807, 2.05) is 36.4 Å². The largest absolute Gasteiger partial charge is 0.393 e. The molecule has 0 N–H and O–H groups in total. The molecule has 1 saturated heterocycles. The molecule has 0 aromatic heterocycles. The van der Waals surface area contributed by atoms with Gasteiger partial charge in [-0.1, -0.05) is 48.5 Å². The summed E-state index contributed by atoms with van der Waals surface area (Å²) in [6.07, 6.45) is 0.173. The number of carbonyl (C=O) groups excluding carboxylic acids is 2. The van der Waals surface area contributed by atoms with Crippen LogP contribution in [-0.2, 0) is 14.3 Å². The Morgan fingerprint density at radius 3 is 1.90 bits per heavy atom. The number of rotatable bonds is 1. The van der Waals surface area contributed by atoms with Crippen molar-refractivity contribution in [2.75, 3.05) is 0 Å². The Bertz CT molecular complexity index is 687. The monoisotopic (exact) mass is 264 g/mol. The zero-order valence-electron chi connectivity index (χ0n) is 10.7. The number of cyclic esters (lactones) is 2. The van der Waals surface area contributed by atoms with E-state index in [-0.39, 0.29) is 12.3 Å². The Hall–Kier alpha value is -2.42. The summed E-state index contributed by atoms with van der Waals surface area (Å²) in [5.74, 6) is -1.28. The predicted molar refractivity (Wildman–Crippen MR) is 72.9 cm³/mol. The summed E-state index contributed by atoms with van der Waals surface area (Å²) in [7, 11) is 0. The molecule has 3 nitrogen and oxygen atoms in total. The molecule has 0 unspecified atom stereocenters. The van der Waals surface area contributed by atoms with E-state index in [9.17, 15) is 9.59 Å². The van der Waals surface area contributed by atoms with E-state index >= 15 is 0 Å². The normalized spacial score (nSPS) is 20.7. The lowest BCUT2D eigenvalue weighted by Crippen LogP contribution is -2.17. The topological polar surface area (TPSA) is 43.4 Å². The highest BCUT2D eigenvalue weighted by Gasteiger charge is 2.44. The van der Waals surface area contributed by atoms with E-state index in [0.717, 1.165) is 22.3 Å². The lowest BCUT2D eigenvalue weighted by atomic mass is 9.83. The first-order valence-corrected chi connectivity index (χ1v) is 6.68. The third-order valence-corrected chi connectivity index (χ3v) is 4.19. The van der Waals surface area contributed by atoms with Crippen molar-refractivity contribution in [3.63, 3.8) is 0 Å². The lowest BCUT2D eigenvalue weighted by Gasteiger charge is -2.17. The van der Waals surface area contributed by atoms with E-state index in [2.05, 4.69) is 12.1 Å². The minimum Gasteiger partial charge on any atom is -0.393 e. The van der Waals surface area contributed by atoms with Crippen LogP contribution >= 0.6 is 0 Å². The standard InChI is InChI=1S/C17H12O3/c18-15-9-14(17(19)20-15)16-12-7-3-1-5-10(12)11-6-2-4-8-13(11)16/h1-8,14,16H,9H2/t14-/m0/s1. The Balaban J connectivity index is 1.92. The zero-order valence-corrected chi connectivity index (χ0v) is 10.7. The second-order valence-electron chi connectivity index (χ2n) is 5.26. The van der Waals surface area contributed by atoms with Gasteiger partial charge in [-0.2, -0.15) is 0 Å². The molecule has 1 aliphatic carbocycles. The molecule has 4 rings (SSSR count). The van der Waals surface area contributed by atoms with E-state index in [0.29, 0.717) is 0 Å². The highest BCUT2D eigenvalue weighted by Crippen LogP contribution is 2.50. The molecule has 1 fully saturated rings. The average molecular weight is 264 g/mol. The highest BCUT2D eigenvalue weighted by atomic mass is 16.6. The molecular weight excluding hydrogens is 252 g/mol. The fourth-order valence-electron chi connectivity index (χ4n) is 3.37. The van der Waals surface area contributed by atoms with Crippen LogP contribution in [0.5, 0.6) is 0 Å². The fourth-order valence-corrected chi connectivity index (χ4v) is 3.37. The van der Waals surface area contributed by atoms with E-state index in [4.69, 9.17) is 4.74 Å². The van der Waals surface area contributed by atoms with Crippen LogP contribution in [0.4, 0.5) is 0 Å². The van der Waals surface area contributed by atoms with Gasteiger partial charge >= 0.3 is 11.9 Å². The lowest BCUT2D eigenvalue weighted by molar-refractivity contribution is -0.153. The van der Waals surface area contributed by atoms with Gasteiger partial charge < -0.3 is 4.74 Å². The summed E-state index contributed by atoms with van der Waals surface area (Å²) in [6.45, 7) is 0. The fraction of sp³-hybridized carbons (Fsp3) is 0.176. The van der Waals surface area contributed by atoms with Crippen LogP contribution in [-0.4, -0.2) is 11.9 Å². The van der Waals surface area contributed by atoms with E-state index < -0.39 is 17.9 Å². The van der Waals surface area contributed by atoms with Crippen LogP contribution in [0.15, 0.2) is 48.5 Å². The van der Waals surface area contributed by atoms with Gasteiger partial charge in [-0.05, 0) is 22.3 Å². The molecule has 0 spiro atoms. The Morgan fingerprint density at radius 1 is 0.850 bits per heavy atom. The molecule has 2 aromatic rings. The molecule has 98 valence electrons. The number of fused-ring (bicyclic) bond motifs is 3. The van der Waals surface area contributed by atoms with Crippen molar-refractivity contribution < 1.29 is 14.3 Å². The first-order chi connectivity index (χ1) is 9.75. The molecule has 20 heavy (non-hydrogen) atoms. The molecule has 0 bridgehead atoms. The third kappa shape index (κ3) is 1.46. The van der Waals surface area contributed by atoms with Crippen molar-refractivity contribution in [3.8, 4) is 11.1 Å². The smallest absolute Gasteiger partial charge is 0.318 e. The molecule has 0 amide bonds. The van der Waals surface area contributed by atoms with Crippen LogP contribution in [0, 0.1) is 5.92 Å². The molecule has 1 atom stereocenters. The Morgan fingerprint density at radius 2 is 1.40 bits per heavy atom. The summed E-state index contributed by atoms with van der Waals surface area (Å²) < 4.78 is 4.74. The number of benzene rings is 2. The maximum absolute atomic E-state index is 11.9. The van der Waals surface area contributed by atoms with Gasteiger partial charge in [0.15, 0.2) is 0 Å². The quantitative estimate of drug-likeness (QED) is 0.587. The SMILES string of the molecule is O=C1C[C@@H](C2c3ccccc3-c3ccccc32)C(=O)O1. The van der Waals surface area contributed by atoms with Crippen LogP contribution in [0.3, 0.4) is 0 Å². The number of carbonyl (C=O) groups is 2. The van der Waals surface area contributed by atoms with Crippen molar-refractivity contribution in [1.29, 1.82) is 0 Å². The number of ether oxygens (including phenoxy) is 1. The van der Waals surface area contributed by atoms with Gasteiger partial charge in [-0.3, -0.25) is 9.59 Å². The van der Waals surface area contributed by atoms with Crippen molar-refractivity contribution in [2.24, 2.45) is 5.92 Å². The molecule has 1 aliphatic heterocycles. The van der Waals surface area contributed by atoms with Gasteiger partial charge in [0.2, 0.25) is 0 Å². The van der Waals surface area contributed by atoms with Gasteiger partial charge in [0.25, 0.3) is 0 Å². The molecule has 0 saturated carbocycles. The van der Waals surface area contributed by atoms with Crippen molar-refractivity contribution >= 4 is 11.9 Å². The van der Waals surface area contributed by atoms with Gasteiger partial charge in [0.05, 0.1) is 12.3 Å². The average Bonchev–Trinajstić information content (AvgIpc) is 2.96. The summed E-state index contributed by atoms with van der Waals surface area (Å²) >= 11 is 0. The van der Waals surface area contributed by atoms with Gasteiger partial charge in [-0.25, -0.2) is 0 Å². The summed E-state index contributed by atoms with van der Waals surface area (Å²) in [6, 6.07) is 16.1. The summed E-state index contributed by atoms with van der Waals surface area (Å²) in [4.78, 5) is 23.3. The number of hydrogen-bond acceptors (Lipinski definition) is 3. The molecule has 1 heterocycles. The van der Waals surface area contributed by atoms with Crippen LogP contribution < -0.4 is 0 Å². The molecule has 0 radical (unpaired) electrons. The summed E-state index contributed by atoms with van der Waals surface area (Å²) in [5, 5.41) is 0. The number of esters is 2. The first-order valence-electron chi connectivity index (χ1n) is 6.68. The Labute approximate surface area is 116 Å².